The van der Waals surface area contributed by atoms with E-state index in [0.717, 1.165) is 11.2 Å². The van der Waals surface area contributed by atoms with Crippen LogP contribution in [0, 0.1) is 0 Å². The quantitative estimate of drug-likeness (QED) is 0.678. The van der Waals surface area contributed by atoms with Crippen molar-refractivity contribution in [1.29, 1.82) is 0 Å². The molecule has 3 rings (SSSR count). The largest absolute Gasteiger partial charge is 0.335 e. The smallest absolute Gasteiger partial charge is 0.287 e. The van der Waals surface area contributed by atoms with Gasteiger partial charge in [0, 0.05) is 6.04 Å². The van der Waals surface area contributed by atoms with Crippen molar-refractivity contribution in [2.75, 3.05) is 0 Å². The van der Waals surface area contributed by atoms with Crippen molar-refractivity contribution in [3.63, 3.8) is 0 Å². The third-order valence-corrected chi connectivity index (χ3v) is 3.43. The van der Waals surface area contributed by atoms with Crippen LogP contribution in [0.25, 0.3) is 16.9 Å². The summed E-state index contributed by atoms with van der Waals surface area (Å²) in [5.74, 6) is 0. The molecule has 0 radical (unpaired) electrons. The minimum Gasteiger partial charge on any atom is -0.287 e. The number of hydrogen-bond acceptors (Lipinski definition) is 2. The molecule has 0 unspecified atom stereocenters. The maximum atomic E-state index is 12.7. The van der Waals surface area contributed by atoms with Gasteiger partial charge in [0.05, 0.1) is 11.2 Å². The van der Waals surface area contributed by atoms with Crippen LogP contribution in [0.5, 0.6) is 0 Å². The second kappa shape index (κ2) is 4.80. The number of hydrogen-bond donors (Lipinski definition) is 0. The number of nitrogens with zero attached hydrogens (tertiary/aromatic N) is 3. The van der Waals surface area contributed by atoms with E-state index in [1.165, 1.54) is 0 Å². The van der Waals surface area contributed by atoms with Gasteiger partial charge in [0.2, 0.25) is 0 Å². The highest BCUT2D eigenvalue weighted by molar-refractivity contribution is 6.29. The first-order chi connectivity index (χ1) is 9.59. The Labute approximate surface area is 121 Å². The van der Waals surface area contributed by atoms with Gasteiger partial charge in [-0.15, -0.1) is 0 Å². The fraction of sp³-hybridized carbons (Fsp3) is 0.200. The van der Waals surface area contributed by atoms with Crippen molar-refractivity contribution in [3.8, 4) is 5.69 Å². The summed E-state index contributed by atoms with van der Waals surface area (Å²) in [6, 6.07) is 13.1. The zero-order valence-electron chi connectivity index (χ0n) is 11.2. The Balaban J connectivity index is 2.45. The molecule has 0 atom stereocenters. The van der Waals surface area contributed by atoms with Gasteiger partial charge in [-0.2, -0.15) is 0 Å². The van der Waals surface area contributed by atoms with Crippen LogP contribution in [0.1, 0.15) is 19.9 Å². The van der Waals surface area contributed by atoms with Crippen LogP contribution >= 0.6 is 11.6 Å². The Kier molecular flexibility index (Phi) is 3.10. The predicted octanol–water partition coefficient (Wildman–Crippen LogP) is 3.42. The Morgan fingerprint density at radius 1 is 1.10 bits per heavy atom. The molecule has 20 heavy (non-hydrogen) atoms. The minimum absolute atomic E-state index is 0.0536. The van der Waals surface area contributed by atoms with Crippen molar-refractivity contribution >= 4 is 22.8 Å². The SMILES string of the molecule is CC(C)n1c(=O)n(-c2ccccc2)c2nc(Cl)ccc21. The number of benzene rings is 1. The highest BCUT2D eigenvalue weighted by Gasteiger charge is 2.17. The standard InChI is InChI=1S/C15H14ClN3O/c1-10(2)18-12-8-9-13(16)17-14(12)19(15(18)20)11-6-4-3-5-7-11/h3-10H,1-2H3. The van der Waals surface area contributed by atoms with Crippen molar-refractivity contribution < 1.29 is 0 Å². The van der Waals surface area contributed by atoms with Crippen molar-refractivity contribution in [2.24, 2.45) is 0 Å². The molecule has 5 heteroatoms. The van der Waals surface area contributed by atoms with E-state index in [9.17, 15) is 4.79 Å². The Morgan fingerprint density at radius 3 is 2.45 bits per heavy atom. The van der Waals surface area contributed by atoms with E-state index in [0.29, 0.717) is 10.8 Å². The number of halogens is 1. The molecule has 0 spiro atoms. The second-order valence-electron chi connectivity index (χ2n) is 4.89. The number of para-hydroxylation sites is 1. The highest BCUT2D eigenvalue weighted by Crippen LogP contribution is 2.20. The van der Waals surface area contributed by atoms with Gasteiger partial charge in [0.1, 0.15) is 5.15 Å². The van der Waals surface area contributed by atoms with Gasteiger partial charge in [-0.3, -0.25) is 4.57 Å². The molecule has 0 N–H and O–H groups in total. The molecule has 0 saturated carbocycles. The average molecular weight is 288 g/mol. The topological polar surface area (TPSA) is 39.8 Å². The number of fused-ring (bicyclic) bond motifs is 1. The number of aromatic nitrogens is 3. The normalized spacial score (nSPS) is 11.4. The number of pyridine rings is 1. The molecular weight excluding hydrogens is 274 g/mol. The Morgan fingerprint density at radius 2 is 1.80 bits per heavy atom. The predicted molar refractivity (Wildman–Crippen MR) is 80.7 cm³/mol. The van der Waals surface area contributed by atoms with E-state index in [-0.39, 0.29) is 11.7 Å². The van der Waals surface area contributed by atoms with E-state index < -0.39 is 0 Å². The van der Waals surface area contributed by atoms with E-state index >= 15 is 0 Å². The third kappa shape index (κ3) is 1.93. The summed E-state index contributed by atoms with van der Waals surface area (Å²) in [5.41, 5.74) is 2.06. The summed E-state index contributed by atoms with van der Waals surface area (Å²) in [5, 5.41) is 0.378. The van der Waals surface area contributed by atoms with Crippen LogP contribution in [0.4, 0.5) is 0 Å². The molecule has 0 amide bonds. The van der Waals surface area contributed by atoms with Crippen LogP contribution < -0.4 is 5.69 Å². The molecule has 3 aromatic rings. The molecule has 0 saturated heterocycles. The maximum absolute atomic E-state index is 12.7. The van der Waals surface area contributed by atoms with Crippen LogP contribution in [0.2, 0.25) is 5.15 Å². The second-order valence-corrected chi connectivity index (χ2v) is 5.28. The van der Waals surface area contributed by atoms with Crippen molar-refractivity contribution in [2.45, 2.75) is 19.9 Å². The molecule has 1 aromatic carbocycles. The summed E-state index contributed by atoms with van der Waals surface area (Å²) >= 11 is 5.98. The lowest BCUT2D eigenvalue weighted by molar-refractivity contribution is 0.590. The fourth-order valence-electron chi connectivity index (χ4n) is 2.38. The van der Waals surface area contributed by atoms with E-state index in [1.54, 1.807) is 15.2 Å². The van der Waals surface area contributed by atoms with Crippen LogP contribution in [0.15, 0.2) is 47.3 Å². The first-order valence-corrected chi connectivity index (χ1v) is 6.82. The van der Waals surface area contributed by atoms with Crippen LogP contribution in [-0.2, 0) is 0 Å². The Hall–Kier alpha value is -2.07. The Bertz CT molecular complexity index is 818. The lowest BCUT2D eigenvalue weighted by atomic mass is 10.3. The molecule has 0 aliphatic carbocycles. The summed E-state index contributed by atoms with van der Waals surface area (Å²) in [6.45, 7) is 3.95. The summed E-state index contributed by atoms with van der Waals surface area (Å²) in [6.07, 6.45) is 0. The number of imidazole rings is 1. The molecule has 0 aliphatic heterocycles. The fourth-order valence-corrected chi connectivity index (χ4v) is 2.52. The van der Waals surface area contributed by atoms with Gasteiger partial charge in [-0.05, 0) is 38.1 Å². The van der Waals surface area contributed by atoms with Gasteiger partial charge in [0.15, 0.2) is 5.65 Å². The third-order valence-electron chi connectivity index (χ3n) is 3.22. The summed E-state index contributed by atoms with van der Waals surface area (Å²) < 4.78 is 3.33. The molecular formula is C15H14ClN3O. The van der Waals surface area contributed by atoms with E-state index in [1.807, 2.05) is 50.2 Å². The van der Waals surface area contributed by atoms with Gasteiger partial charge in [0.25, 0.3) is 0 Å². The van der Waals surface area contributed by atoms with Crippen LogP contribution in [0.3, 0.4) is 0 Å². The van der Waals surface area contributed by atoms with Crippen LogP contribution in [-0.4, -0.2) is 14.1 Å². The lowest BCUT2D eigenvalue weighted by Gasteiger charge is -2.05. The zero-order valence-corrected chi connectivity index (χ0v) is 12.0. The first-order valence-electron chi connectivity index (χ1n) is 6.44. The first kappa shape index (κ1) is 12.9. The molecule has 0 aliphatic rings. The van der Waals surface area contributed by atoms with Gasteiger partial charge >= 0.3 is 5.69 Å². The molecule has 2 aromatic heterocycles. The van der Waals surface area contributed by atoms with Crippen molar-refractivity contribution in [3.05, 3.63) is 58.1 Å². The molecule has 102 valence electrons. The molecule has 0 fully saturated rings. The average Bonchev–Trinajstić information content (AvgIpc) is 2.71. The van der Waals surface area contributed by atoms with Gasteiger partial charge < -0.3 is 0 Å². The van der Waals surface area contributed by atoms with E-state index in [2.05, 4.69) is 4.98 Å². The molecule has 4 nitrogen and oxygen atoms in total. The lowest BCUT2D eigenvalue weighted by Crippen LogP contribution is -2.24. The molecule has 2 heterocycles. The number of rotatable bonds is 2. The molecule has 0 bridgehead atoms. The highest BCUT2D eigenvalue weighted by atomic mass is 35.5. The summed E-state index contributed by atoms with van der Waals surface area (Å²) in [4.78, 5) is 17.0. The van der Waals surface area contributed by atoms with Gasteiger partial charge in [-0.25, -0.2) is 14.3 Å². The van der Waals surface area contributed by atoms with Crippen molar-refractivity contribution in [1.82, 2.24) is 14.1 Å². The summed E-state index contributed by atoms with van der Waals surface area (Å²) in [7, 11) is 0. The monoisotopic (exact) mass is 287 g/mol. The minimum atomic E-state index is -0.101. The van der Waals surface area contributed by atoms with Gasteiger partial charge in [-0.1, -0.05) is 29.8 Å². The van der Waals surface area contributed by atoms with E-state index in [4.69, 9.17) is 11.6 Å². The zero-order chi connectivity index (χ0) is 14.3. The maximum Gasteiger partial charge on any atom is 0.335 e.